The zero-order valence-electron chi connectivity index (χ0n) is 9.74. The summed E-state index contributed by atoms with van der Waals surface area (Å²) in [6, 6.07) is 6.11. The molecule has 0 aliphatic carbocycles. The van der Waals surface area contributed by atoms with Gasteiger partial charge in [-0.15, -0.1) is 0 Å². The van der Waals surface area contributed by atoms with E-state index in [1.54, 1.807) is 0 Å². The molecular weight excluding hydrogens is 186 g/mol. The fourth-order valence-corrected chi connectivity index (χ4v) is 1.66. The van der Waals surface area contributed by atoms with Crippen molar-refractivity contribution in [3.8, 4) is 0 Å². The monoisotopic (exact) mass is 207 g/mol. The summed E-state index contributed by atoms with van der Waals surface area (Å²) < 4.78 is 0. The minimum absolute atomic E-state index is 1.14. The number of hydrogen-bond donors (Lipinski definition) is 1. The van der Waals surface area contributed by atoms with Crippen LogP contribution in [0.3, 0.4) is 0 Å². The van der Waals surface area contributed by atoms with Gasteiger partial charge in [0.15, 0.2) is 0 Å². The van der Waals surface area contributed by atoms with Crippen LogP contribution in [0.15, 0.2) is 24.4 Å². The molecule has 2 heterocycles. The van der Waals surface area contributed by atoms with Crippen molar-refractivity contribution in [1.29, 1.82) is 0 Å². The lowest BCUT2D eigenvalue weighted by atomic mass is 10.1. The maximum Gasteiger partial charge on any atom is 0.128 e. The highest BCUT2D eigenvalue weighted by atomic mass is 15.2. The Morgan fingerprint density at radius 3 is 2.33 bits per heavy atom. The number of nitrogens with one attached hydrogen (secondary N) is 1. The Morgan fingerprint density at radius 2 is 1.80 bits per heavy atom. The van der Waals surface area contributed by atoms with Crippen molar-refractivity contribution in [2.75, 3.05) is 32.1 Å². The number of aromatic nitrogens is 1. The van der Waals surface area contributed by atoms with Gasteiger partial charge in [-0.05, 0) is 45.5 Å². The van der Waals surface area contributed by atoms with E-state index >= 15 is 0 Å². The van der Waals surface area contributed by atoms with E-state index in [1.807, 2.05) is 26.4 Å². The van der Waals surface area contributed by atoms with E-state index in [1.165, 1.54) is 32.4 Å². The van der Waals surface area contributed by atoms with Gasteiger partial charge in [0.1, 0.15) is 5.82 Å². The first kappa shape index (κ1) is 12.0. The summed E-state index contributed by atoms with van der Waals surface area (Å²) in [5.74, 6) is 1.14. The molecule has 1 aromatic rings. The molecule has 0 amide bonds. The van der Waals surface area contributed by atoms with Gasteiger partial charge in [-0.1, -0.05) is 6.07 Å². The fourth-order valence-electron chi connectivity index (χ4n) is 1.66. The number of hydrogen-bond acceptors (Lipinski definition) is 3. The van der Waals surface area contributed by atoms with Gasteiger partial charge in [0, 0.05) is 19.3 Å². The van der Waals surface area contributed by atoms with E-state index in [0.717, 1.165) is 5.82 Å². The van der Waals surface area contributed by atoms with E-state index in [0.29, 0.717) is 0 Å². The van der Waals surface area contributed by atoms with Crippen LogP contribution < -0.4 is 10.2 Å². The normalized spacial score (nSPS) is 15.5. The molecule has 1 saturated heterocycles. The van der Waals surface area contributed by atoms with Gasteiger partial charge in [0.2, 0.25) is 0 Å². The number of piperidine rings is 1. The predicted molar refractivity (Wildman–Crippen MR) is 65.3 cm³/mol. The summed E-state index contributed by atoms with van der Waals surface area (Å²) in [7, 11) is 3.75. The van der Waals surface area contributed by atoms with E-state index in [2.05, 4.69) is 27.3 Å². The molecule has 0 unspecified atom stereocenters. The molecule has 1 aromatic heterocycles. The van der Waals surface area contributed by atoms with E-state index in [-0.39, 0.29) is 0 Å². The highest BCUT2D eigenvalue weighted by Crippen LogP contribution is 2.15. The highest BCUT2D eigenvalue weighted by molar-refractivity contribution is 5.37. The van der Waals surface area contributed by atoms with E-state index in [4.69, 9.17) is 0 Å². The molecule has 15 heavy (non-hydrogen) atoms. The third kappa shape index (κ3) is 4.30. The van der Waals surface area contributed by atoms with Crippen LogP contribution in [0.5, 0.6) is 0 Å². The van der Waals surface area contributed by atoms with Gasteiger partial charge in [-0.25, -0.2) is 4.98 Å². The zero-order chi connectivity index (χ0) is 10.9. The van der Waals surface area contributed by atoms with Crippen molar-refractivity contribution in [2.24, 2.45) is 0 Å². The van der Waals surface area contributed by atoms with Crippen molar-refractivity contribution >= 4 is 5.82 Å². The summed E-state index contributed by atoms with van der Waals surface area (Å²) in [5, 5.41) is 2.75. The van der Waals surface area contributed by atoms with Crippen molar-refractivity contribution in [1.82, 2.24) is 10.3 Å². The average Bonchev–Trinajstić information content (AvgIpc) is 2.32. The standard InChI is InChI=1S/C10H14N2.C2H7N/c1-4-8-12(9-5-1)10-6-2-3-7-11-10;1-3-2/h2-3,6-7H,1,4-5,8-9H2;3H,1-2H3. The Balaban J connectivity index is 0.000000337. The maximum atomic E-state index is 4.33. The molecule has 0 radical (unpaired) electrons. The predicted octanol–water partition coefficient (Wildman–Crippen LogP) is 1.91. The van der Waals surface area contributed by atoms with E-state index in [9.17, 15) is 0 Å². The molecular formula is C12H21N3. The number of anilines is 1. The molecule has 2 rings (SSSR count). The average molecular weight is 207 g/mol. The smallest absolute Gasteiger partial charge is 0.128 e. The second kappa shape index (κ2) is 7.23. The number of rotatable bonds is 1. The van der Waals surface area contributed by atoms with Crippen LogP contribution in [0, 0.1) is 0 Å². The van der Waals surface area contributed by atoms with Gasteiger partial charge in [-0.3, -0.25) is 0 Å². The lowest BCUT2D eigenvalue weighted by Gasteiger charge is -2.27. The number of pyridine rings is 1. The van der Waals surface area contributed by atoms with Gasteiger partial charge in [0.25, 0.3) is 0 Å². The van der Waals surface area contributed by atoms with Crippen molar-refractivity contribution < 1.29 is 0 Å². The minimum atomic E-state index is 1.14. The highest BCUT2D eigenvalue weighted by Gasteiger charge is 2.10. The molecule has 84 valence electrons. The Bertz CT molecular complexity index is 242. The van der Waals surface area contributed by atoms with Crippen molar-refractivity contribution in [2.45, 2.75) is 19.3 Å². The van der Waals surface area contributed by atoms with Crippen molar-refractivity contribution in [3.63, 3.8) is 0 Å². The Hall–Kier alpha value is -1.09. The van der Waals surface area contributed by atoms with Crippen LogP contribution in [0.4, 0.5) is 5.82 Å². The summed E-state index contributed by atoms with van der Waals surface area (Å²) >= 11 is 0. The summed E-state index contributed by atoms with van der Waals surface area (Å²) in [6.45, 7) is 2.36. The van der Waals surface area contributed by atoms with Gasteiger partial charge in [0.05, 0.1) is 0 Å². The van der Waals surface area contributed by atoms with Crippen LogP contribution in [0.2, 0.25) is 0 Å². The summed E-state index contributed by atoms with van der Waals surface area (Å²) in [4.78, 5) is 6.69. The first-order chi connectivity index (χ1) is 7.38. The Kier molecular flexibility index (Phi) is 5.78. The maximum absolute atomic E-state index is 4.33. The second-order valence-corrected chi connectivity index (χ2v) is 3.74. The fraction of sp³-hybridized carbons (Fsp3) is 0.583. The van der Waals surface area contributed by atoms with Crippen LogP contribution in [0.1, 0.15) is 19.3 Å². The molecule has 3 nitrogen and oxygen atoms in total. The molecule has 1 N–H and O–H groups in total. The largest absolute Gasteiger partial charge is 0.357 e. The minimum Gasteiger partial charge on any atom is -0.357 e. The topological polar surface area (TPSA) is 28.2 Å². The van der Waals surface area contributed by atoms with E-state index < -0.39 is 0 Å². The molecule has 0 bridgehead atoms. The Morgan fingerprint density at radius 1 is 1.13 bits per heavy atom. The molecule has 1 aliphatic rings. The van der Waals surface area contributed by atoms with Crippen LogP contribution in [0.25, 0.3) is 0 Å². The lowest BCUT2D eigenvalue weighted by Crippen LogP contribution is -2.29. The van der Waals surface area contributed by atoms with Gasteiger partial charge < -0.3 is 10.2 Å². The lowest BCUT2D eigenvalue weighted by molar-refractivity contribution is 0.573. The molecule has 1 aliphatic heterocycles. The zero-order valence-corrected chi connectivity index (χ0v) is 9.74. The summed E-state index contributed by atoms with van der Waals surface area (Å²) in [6.07, 6.45) is 5.88. The summed E-state index contributed by atoms with van der Waals surface area (Å²) in [5.41, 5.74) is 0. The quantitative estimate of drug-likeness (QED) is 0.762. The Labute approximate surface area is 92.5 Å². The first-order valence-electron chi connectivity index (χ1n) is 5.63. The number of nitrogens with zero attached hydrogens (tertiary/aromatic N) is 2. The molecule has 0 saturated carbocycles. The van der Waals surface area contributed by atoms with Gasteiger partial charge in [-0.2, -0.15) is 0 Å². The molecule has 0 atom stereocenters. The van der Waals surface area contributed by atoms with Crippen LogP contribution in [-0.2, 0) is 0 Å². The van der Waals surface area contributed by atoms with Crippen molar-refractivity contribution in [3.05, 3.63) is 24.4 Å². The first-order valence-corrected chi connectivity index (χ1v) is 5.63. The van der Waals surface area contributed by atoms with Crippen LogP contribution >= 0.6 is 0 Å². The molecule has 1 fully saturated rings. The van der Waals surface area contributed by atoms with Gasteiger partial charge >= 0.3 is 0 Å². The van der Waals surface area contributed by atoms with Crippen LogP contribution in [-0.4, -0.2) is 32.2 Å². The SMILES string of the molecule is CNC.c1ccc(N2CCCCC2)nc1. The molecule has 0 aromatic carbocycles. The third-order valence-electron chi connectivity index (χ3n) is 2.33. The third-order valence-corrected chi connectivity index (χ3v) is 2.33. The molecule has 0 spiro atoms. The second-order valence-electron chi connectivity index (χ2n) is 3.74. The molecule has 3 heteroatoms.